The van der Waals surface area contributed by atoms with E-state index in [1.54, 1.807) is 0 Å². The summed E-state index contributed by atoms with van der Waals surface area (Å²) in [6, 6.07) is 3.25. The van der Waals surface area contributed by atoms with Gasteiger partial charge in [0.05, 0.1) is 24.4 Å². The van der Waals surface area contributed by atoms with E-state index in [0.717, 1.165) is 23.1 Å². The van der Waals surface area contributed by atoms with Crippen LogP contribution in [0.2, 0.25) is 0 Å². The number of anilines is 1. The average Bonchev–Trinajstić information content (AvgIpc) is 2.65. The van der Waals surface area contributed by atoms with Crippen molar-refractivity contribution in [2.24, 2.45) is 0 Å². The number of amides is 2. The van der Waals surface area contributed by atoms with Gasteiger partial charge in [-0.25, -0.2) is 0 Å². The fourth-order valence-electron chi connectivity index (χ4n) is 1.92. The number of carbonyl (C=O) groups is 2. The zero-order valence-electron chi connectivity index (χ0n) is 10.9. The third-order valence-corrected chi connectivity index (χ3v) is 3.38. The number of nitrogens with one attached hydrogen (secondary N) is 1. The van der Waals surface area contributed by atoms with E-state index in [1.165, 1.54) is 6.07 Å². The highest BCUT2D eigenvalue weighted by Crippen LogP contribution is 2.37. The number of imide groups is 1. The maximum Gasteiger partial charge on any atom is 0.418 e. The van der Waals surface area contributed by atoms with Crippen molar-refractivity contribution in [1.82, 2.24) is 4.90 Å². The van der Waals surface area contributed by atoms with Crippen LogP contribution >= 0.6 is 15.9 Å². The Morgan fingerprint density at radius 3 is 2.55 bits per heavy atom. The third kappa shape index (κ3) is 3.30. The molecule has 0 atom stereocenters. The van der Waals surface area contributed by atoms with Gasteiger partial charge in [-0.15, -0.1) is 0 Å². The van der Waals surface area contributed by atoms with Gasteiger partial charge in [-0.3, -0.25) is 14.5 Å². The second-order valence-electron chi connectivity index (χ2n) is 4.39. The highest BCUT2D eigenvalue weighted by atomic mass is 79.9. The van der Waals surface area contributed by atoms with Gasteiger partial charge in [-0.05, 0) is 18.2 Å². The summed E-state index contributed by atoms with van der Waals surface area (Å²) < 4.78 is 39.2. The number of halogens is 4. The monoisotopic (exact) mass is 378 g/mol. The standard InChI is InChI=1S/C13H10BrF3N2O3/c14-7-1-2-8(13(15,16)17)9(5-7)18-10-6-11(21)19(3-4-20)12(10)22/h1-2,5-6,18,20H,3-4H2. The van der Waals surface area contributed by atoms with Crippen LogP contribution in [-0.2, 0) is 15.8 Å². The molecule has 1 aromatic carbocycles. The minimum atomic E-state index is -4.61. The van der Waals surface area contributed by atoms with Gasteiger partial charge in [0.15, 0.2) is 0 Å². The minimum Gasteiger partial charge on any atom is -0.395 e. The van der Waals surface area contributed by atoms with E-state index in [2.05, 4.69) is 21.2 Å². The van der Waals surface area contributed by atoms with E-state index in [-0.39, 0.29) is 17.9 Å². The largest absolute Gasteiger partial charge is 0.418 e. The number of aliphatic hydroxyl groups excluding tert-OH is 1. The van der Waals surface area contributed by atoms with E-state index in [1.807, 2.05) is 0 Å². The summed E-state index contributed by atoms with van der Waals surface area (Å²) in [6.45, 7) is -0.646. The molecule has 0 aliphatic carbocycles. The Bertz CT molecular complexity index is 658. The molecule has 0 saturated carbocycles. The molecule has 2 N–H and O–H groups in total. The van der Waals surface area contributed by atoms with Crippen LogP contribution < -0.4 is 5.32 Å². The normalized spacial score (nSPS) is 15.3. The highest BCUT2D eigenvalue weighted by molar-refractivity contribution is 9.10. The van der Waals surface area contributed by atoms with Crippen molar-refractivity contribution in [2.45, 2.75) is 6.18 Å². The Morgan fingerprint density at radius 2 is 1.95 bits per heavy atom. The molecule has 0 fully saturated rings. The number of alkyl halides is 3. The maximum atomic E-state index is 13.0. The lowest BCUT2D eigenvalue weighted by Gasteiger charge is -2.16. The molecule has 5 nitrogen and oxygen atoms in total. The number of hydrogen-bond donors (Lipinski definition) is 2. The number of carbonyl (C=O) groups excluding carboxylic acids is 2. The molecule has 2 amide bonds. The zero-order valence-corrected chi connectivity index (χ0v) is 12.5. The van der Waals surface area contributed by atoms with E-state index >= 15 is 0 Å². The Kier molecular flexibility index (Phi) is 4.57. The summed E-state index contributed by atoms with van der Waals surface area (Å²) in [5.74, 6) is -1.47. The van der Waals surface area contributed by atoms with Gasteiger partial charge in [0.1, 0.15) is 5.70 Å². The van der Waals surface area contributed by atoms with Gasteiger partial charge in [0, 0.05) is 10.5 Å². The molecule has 0 radical (unpaired) electrons. The molecule has 118 valence electrons. The third-order valence-electron chi connectivity index (χ3n) is 2.89. The average molecular weight is 379 g/mol. The smallest absolute Gasteiger partial charge is 0.395 e. The van der Waals surface area contributed by atoms with Crippen molar-refractivity contribution < 1.29 is 27.9 Å². The molecule has 9 heteroatoms. The molecule has 1 aliphatic rings. The van der Waals surface area contributed by atoms with Crippen molar-refractivity contribution in [1.29, 1.82) is 0 Å². The summed E-state index contributed by atoms with van der Waals surface area (Å²) in [7, 11) is 0. The number of benzene rings is 1. The maximum absolute atomic E-state index is 13.0. The van der Waals surface area contributed by atoms with Crippen LogP contribution in [0, 0.1) is 0 Å². The first kappa shape index (κ1) is 16.5. The number of β-amino-alcohol motifs (C(OH)–C–C–N with tert-alkyl or cyclic N) is 1. The summed E-state index contributed by atoms with van der Waals surface area (Å²) in [5.41, 5.74) is -1.58. The van der Waals surface area contributed by atoms with Crippen LogP contribution in [0.15, 0.2) is 34.4 Å². The molecule has 1 heterocycles. The molecule has 0 aromatic heterocycles. The van der Waals surface area contributed by atoms with Crippen molar-refractivity contribution in [3.8, 4) is 0 Å². The van der Waals surface area contributed by atoms with Crippen molar-refractivity contribution in [3.05, 3.63) is 40.0 Å². The second-order valence-corrected chi connectivity index (χ2v) is 5.30. The molecule has 22 heavy (non-hydrogen) atoms. The van der Waals surface area contributed by atoms with Crippen LogP contribution in [-0.4, -0.2) is 35.0 Å². The number of nitrogens with zero attached hydrogens (tertiary/aromatic N) is 1. The first-order valence-corrected chi connectivity index (χ1v) is 6.85. The van der Waals surface area contributed by atoms with Crippen LogP contribution in [0.5, 0.6) is 0 Å². The molecular weight excluding hydrogens is 369 g/mol. The molecule has 0 spiro atoms. The van der Waals surface area contributed by atoms with Crippen LogP contribution in [0.25, 0.3) is 0 Å². The first-order chi connectivity index (χ1) is 10.2. The van der Waals surface area contributed by atoms with E-state index < -0.39 is 30.2 Å². The highest BCUT2D eigenvalue weighted by Gasteiger charge is 2.36. The molecule has 0 saturated heterocycles. The SMILES string of the molecule is O=C1C=C(Nc2cc(Br)ccc2C(F)(F)F)C(=O)N1CCO. The molecule has 0 unspecified atom stereocenters. The number of aliphatic hydroxyl groups is 1. The van der Waals surface area contributed by atoms with E-state index in [0.29, 0.717) is 4.47 Å². The lowest BCUT2D eigenvalue weighted by Crippen LogP contribution is -2.34. The van der Waals surface area contributed by atoms with Gasteiger partial charge >= 0.3 is 6.18 Å². The molecule has 1 aromatic rings. The Hall–Kier alpha value is -1.87. The molecule has 1 aliphatic heterocycles. The quantitative estimate of drug-likeness (QED) is 0.787. The Labute approximate surface area is 131 Å². The Balaban J connectivity index is 2.32. The molecule has 2 rings (SSSR count). The number of rotatable bonds is 4. The lowest BCUT2D eigenvalue weighted by molar-refractivity contribution is -0.138. The molecular formula is C13H10BrF3N2O3. The van der Waals surface area contributed by atoms with Crippen LogP contribution in [0.1, 0.15) is 5.56 Å². The van der Waals surface area contributed by atoms with E-state index in [4.69, 9.17) is 5.11 Å². The summed E-state index contributed by atoms with van der Waals surface area (Å²) in [5, 5.41) is 11.1. The molecule has 0 bridgehead atoms. The van der Waals surface area contributed by atoms with Crippen molar-refractivity contribution in [2.75, 3.05) is 18.5 Å². The van der Waals surface area contributed by atoms with Crippen molar-refractivity contribution >= 4 is 33.4 Å². The minimum absolute atomic E-state index is 0.218. The van der Waals surface area contributed by atoms with Crippen molar-refractivity contribution in [3.63, 3.8) is 0 Å². The Morgan fingerprint density at radius 1 is 1.27 bits per heavy atom. The lowest BCUT2D eigenvalue weighted by atomic mass is 10.1. The van der Waals surface area contributed by atoms with Crippen LogP contribution in [0.4, 0.5) is 18.9 Å². The second kappa shape index (κ2) is 6.09. The zero-order chi connectivity index (χ0) is 16.5. The van der Waals surface area contributed by atoms with Gasteiger partial charge in [-0.1, -0.05) is 15.9 Å². The summed E-state index contributed by atoms with van der Waals surface area (Å²) in [6.07, 6.45) is -3.71. The predicted molar refractivity (Wildman–Crippen MR) is 74.7 cm³/mol. The van der Waals surface area contributed by atoms with Gasteiger partial charge in [0.25, 0.3) is 11.8 Å². The topological polar surface area (TPSA) is 69.6 Å². The predicted octanol–water partition coefficient (Wildman–Crippen LogP) is 2.12. The van der Waals surface area contributed by atoms with Gasteiger partial charge < -0.3 is 10.4 Å². The summed E-state index contributed by atoms with van der Waals surface area (Å²) >= 11 is 3.05. The fraction of sp³-hybridized carbons (Fsp3) is 0.231. The number of hydrogen-bond acceptors (Lipinski definition) is 4. The first-order valence-electron chi connectivity index (χ1n) is 6.06. The summed E-state index contributed by atoms with van der Waals surface area (Å²) in [4.78, 5) is 24.2. The van der Waals surface area contributed by atoms with E-state index in [9.17, 15) is 22.8 Å². The van der Waals surface area contributed by atoms with Gasteiger partial charge in [0.2, 0.25) is 0 Å². The van der Waals surface area contributed by atoms with Gasteiger partial charge in [-0.2, -0.15) is 13.2 Å². The fourth-order valence-corrected chi connectivity index (χ4v) is 2.28. The van der Waals surface area contributed by atoms with Crippen LogP contribution in [0.3, 0.4) is 0 Å².